The van der Waals surface area contributed by atoms with Crippen LogP contribution < -0.4 is 5.32 Å². The molecule has 0 unspecified atom stereocenters. The molecule has 1 saturated carbocycles. The fraction of sp³-hybridized carbons (Fsp3) is 1.00. The van der Waals surface area contributed by atoms with Gasteiger partial charge in [0.05, 0.1) is 6.10 Å². The molecule has 2 atom stereocenters. The molecular formula is C10H21NO. The molecule has 1 aliphatic carbocycles. The molecule has 0 aromatic heterocycles. The van der Waals surface area contributed by atoms with Gasteiger partial charge in [-0.3, -0.25) is 0 Å². The highest BCUT2D eigenvalue weighted by molar-refractivity contribution is 4.81. The number of rotatable bonds is 4. The van der Waals surface area contributed by atoms with Crippen molar-refractivity contribution in [2.24, 2.45) is 0 Å². The molecule has 1 aliphatic rings. The zero-order chi connectivity index (χ0) is 8.81. The van der Waals surface area contributed by atoms with Crippen molar-refractivity contribution in [1.29, 1.82) is 0 Å². The summed E-state index contributed by atoms with van der Waals surface area (Å²) in [5.41, 5.74) is 0. The highest BCUT2D eigenvalue weighted by Crippen LogP contribution is 2.20. The van der Waals surface area contributed by atoms with Crippen molar-refractivity contribution in [3.63, 3.8) is 0 Å². The fourth-order valence-electron chi connectivity index (χ4n) is 2.01. The zero-order valence-corrected chi connectivity index (χ0v) is 8.31. The maximum atomic E-state index is 5.69. The summed E-state index contributed by atoms with van der Waals surface area (Å²) in [6.45, 7) is 6.16. The molecular weight excluding hydrogens is 150 g/mol. The lowest BCUT2D eigenvalue weighted by Crippen LogP contribution is -2.43. The van der Waals surface area contributed by atoms with Crippen molar-refractivity contribution in [2.75, 3.05) is 13.2 Å². The first-order chi connectivity index (χ1) is 5.88. The van der Waals surface area contributed by atoms with Gasteiger partial charge in [0, 0.05) is 12.6 Å². The molecule has 0 spiro atoms. The third-order valence-corrected chi connectivity index (χ3v) is 2.55. The summed E-state index contributed by atoms with van der Waals surface area (Å²) in [6, 6.07) is 0.615. The van der Waals surface area contributed by atoms with E-state index < -0.39 is 0 Å². The molecule has 2 nitrogen and oxygen atoms in total. The summed E-state index contributed by atoms with van der Waals surface area (Å²) in [4.78, 5) is 0. The van der Waals surface area contributed by atoms with E-state index in [1.54, 1.807) is 0 Å². The lowest BCUT2D eigenvalue weighted by atomic mass is 9.92. The lowest BCUT2D eigenvalue weighted by Gasteiger charge is -2.31. The maximum absolute atomic E-state index is 5.69. The van der Waals surface area contributed by atoms with Crippen LogP contribution in [0.1, 0.15) is 39.5 Å². The average Bonchev–Trinajstić information content (AvgIpc) is 2.09. The van der Waals surface area contributed by atoms with E-state index in [0.29, 0.717) is 12.1 Å². The summed E-state index contributed by atoms with van der Waals surface area (Å²) in [5, 5.41) is 3.49. The van der Waals surface area contributed by atoms with Gasteiger partial charge in [-0.15, -0.1) is 0 Å². The van der Waals surface area contributed by atoms with Gasteiger partial charge in [0.25, 0.3) is 0 Å². The van der Waals surface area contributed by atoms with Crippen molar-refractivity contribution >= 4 is 0 Å². The van der Waals surface area contributed by atoms with Crippen molar-refractivity contribution in [3.8, 4) is 0 Å². The topological polar surface area (TPSA) is 21.3 Å². The van der Waals surface area contributed by atoms with Crippen LogP contribution in [0.4, 0.5) is 0 Å². The van der Waals surface area contributed by atoms with Crippen LogP contribution in [-0.2, 0) is 4.74 Å². The van der Waals surface area contributed by atoms with Crippen LogP contribution in [0.15, 0.2) is 0 Å². The molecule has 72 valence electrons. The molecule has 2 heteroatoms. The number of likely N-dealkylation sites (N-methyl/N-ethyl adjacent to an activating group) is 1. The second-order valence-electron chi connectivity index (χ2n) is 3.44. The van der Waals surface area contributed by atoms with E-state index in [1.807, 2.05) is 0 Å². The van der Waals surface area contributed by atoms with Gasteiger partial charge in [-0.25, -0.2) is 0 Å². The Morgan fingerprint density at radius 2 is 2.00 bits per heavy atom. The van der Waals surface area contributed by atoms with E-state index in [4.69, 9.17) is 4.74 Å². The molecule has 0 aliphatic heterocycles. The van der Waals surface area contributed by atoms with Crippen LogP contribution in [0.25, 0.3) is 0 Å². The van der Waals surface area contributed by atoms with Gasteiger partial charge in [0.2, 0.25) is 0 Å². The Bertz CT molecular complexity index is 98.4. The first-order valence-electron chi connectivity index (χ1n) is 5.23. The quantitative estimate of drug-likeness (QED) is 0.698. The van der Waals surface area contributed by atoms with E-state index >= 15 is 0 Å². The smallest absolute Gasteiger partial charge is 0.0727 e. The van der Waals surface area contributed by atoms with Crippen molar-refractivity contribution in [3.05, 3.63) is 0 Å². The van der Waals surface area contributed by atoms with Crippen molar-refractivity contribution < 1.29 is 4.74 Å². The van der Waals surface area contributed by atoms with E-state index in [-0.39, 0.29) is 0 Å². The molecule has 1 N–H and O–H groups in total. The van der Waals surface area contributed by atoms with Crippen LogP contribution >= 0.6 is 0 Å². The van der Waals surface area contributed by atoms with Crippen LogP contribution in [-0.4, -0.2) is 25.3 Å². The molecule has 0 heterocycles. The molecule has 0 amide bonds. The van der Waals surface area contributed by atoms with Gasteiger partial charge in [-0.05, 0) is 26.3 Å². The average molecular weight is 171 g/mol. The zero-order valence-electron chi connectivity index (χ0n) is 8.31. The highest BCUT2D eigenvalue weighted by Gasteiger charge is 2.23. The van der Waals surface area contributed by atoms with Gasteiger partial charge in [0.1, 0.15) is 0 Å². The third kappa shape index (κ3) is 2.76. The number of nitrogens with one attached hydrogen (secondary N) is 1. The summed E-state index contributed by atoms with van der Waals surface area (Å²) in [5.74, 6) is 0. The van der Waals surface area contributed by atoms with Gasteiger partial charge < -0.3 is 10.1 Å². The fourth-order valence-corrected chi connectivity index (χ4v) is 2.01. The lowest BCUT2D eigenvalue weighted by molar-refractivity contribution is 0.0128. The van der Waals surface area contributed by atoms with Crippen LogP contribution in [0.2, 0.25) is 0 Å². The van der Waals surface area contributed by atoms with E-state index in [0.717, 1.165) is 13.2 Å². The maximum Gasteiger partial charge on any atom is 0.0727 e. The first kappa shape index (κ1) is 10.0. The Morgan fingerprint density at radius 1 is 1.25 bits per heavy atom. The molecule has 0 bridgehead atoms. The molecule has 12 heavy (non-hydrogen) atoms. The number of hydrogen-bond donors (Lipinski definition) is 1. The Balaban J connectivity index is 2.31. The molecule has 1 rings (SSSR count). The second kappa shape index (κ2) is 5.55. The second-order valence-corrected chi connectivity index (χ2v) is 3.44. The molecule has 0 radical (unpaired) electrons. The predicted octanol–water partition coefficient (Wildman–Crippen LogP) is 1.94. The Labute approximate surface area is 75.7 Å². The van der Waals surface area contributed by atoms with E-state index in [9.17, 15) is 0 Å². The predicted molar refractivity (Wildman–Crippen MR) is 51.3 cm³/mol. The Morgan fingerprint density at radius 3 is 2.67 bits per heavy atom. The van der Waals surface area contributed by atoms with Gasteiger partial charge >= 0.3 is 0 Å². The normalized spacial score (nSPS) is 30.5. The van der Waals surface area contributed by atoms with Crippen LogP contribution in [0.3, 0.4) is 0 Å². The minimum Gasteiger partial charge on any atom is -0.377 e. The van der Waals surface area contributed by atoms with Crippen LogP contribution in [0, 0.1) is 0 Å². The number of hydrogen-bond acceptors (Lipinski definition) is 2. The van der Waals surface area contributed by atoms with Gasteiger partial charge in [-0.2, -0.15) is 0 Å². The van der Waals surface area contributed by atoms with E-state index in [1.165, 1.54) is 25.7 Å². The molecule has 0 saturated heterocycles. The summed E-state index contributed by atoms with van der Waals surface area (Å²) < 4.78 is 5.69. The minimum atomic E-state index is 0.476. The third-order valence-electron chi connectivity index (χ3n) is 2.55. The summed E-state index contributed by atoms with van der Waals surface area (Å²) >= 11 is 0. The minimum absolute atomic E-state index is 0.476. The first-order valence-corrected chi connectivity index (χ1v) is 5.23. The van der Waals surface area contributed by atoms with Crippen LogP contribution in [0.5, 0.6) is 0 Å². The van der Waals surface area contributed by atoms with E-state index in [2.05, 4.69) is 19.2 Å². The molecule has 0 aromatic rings. The Hall–Kier alpha value is -0.0800. The van der Waals surface area contributed by atoms with Gasteiger partial charge in [0.15, 0.2) is 0 Å². The Kier molecular flexibility index (Phi) is 4.62. The van der Waals surface area contributed by atoms with Crippen molar-refractivity contribution in [2.45, 2.75) is 51.7 Å². The monoisotopic (exact) mass is 171 g/mol. The highest BCUT2D eigenvalue weighted by atomic mass is 16.5. The largest absolute Gasteiger partial charge is 0.377 e. The molecule has 0 aromatic carbocycles. The summed E-state index contributed by atoms with van der Waals surface area (Å²) in [6.07, 6.45) is 5.71. The van der Waals surface area contributed by atoms with Gasteiger partial charge in [-0.1, -0.05) is 19.8 Å². The van der Waals surface area contributed by atoms with Crippen molar-refractivity contribution in [1.82, 2.24) is 5.32 Å². The summed E-state index contributed by atoms with van der Waals surface area (Å²) in [7, 11) is 0. The SMILES string of the molecule is CCN[C@@H]1CCCC[C@@H]1OCC. The molecule has 1 fully saturated rings. The standard InChI is InChI=1S/C10H21NO/c1-3-11-9-7-5-6-8-10(9)12-4-2/h9-11H,3-8H2,1-2H3/t9-,10+/m1/s1. The number of ether oxygens (including phenoxy) is 1.